The molecule has 1 N–H and O–H groups in total. The number of unbranched alkanes of at least 4 members (excludes halogenated alkanes) is 1. The number of allylic oxidation sites excluding steroid dienone is 3. The van der Waals surface area contributed by atoms with Gasteiger partial charge in [0.1, 0.15) is 0 Å². The molecule has 0 unspecified atom stereocenters. The molecule has 0 amide bonds. The van der Waals surface area contributed by atoms with Crippen molar-refractivity contribution in [3.63, 3.8) is 0 Å². The standard InChI is InChI=1S/C15H18O5/c1-4-11(16)15(12(17)5-2,13(18)6-3)10-8-7-9-14(19)20/h4-6H,1-3,7-10H2,(H,19,20). The molecular weight excluding hydrogens is 260 g/mol. The third-order valence-electron chi connectivity index (χ3n) is 3.01. The molecule has 0 aromatic carbocycles. The lowest BCUT2D eigenvalue weighted by Crippen LogP contribution is -2.44. The van der Waals surface area contributed by atoms with Gasteiger partial charge >= 0.3 is 5.97 Å². The lowest BCUT2D eigenvalue weighted by Gasteiger charge is -2.25. The molecule has 5 heteroatoms. The Balaban J connectivity index is 5.35. The maximum absolute atomic E-state index is 12.0. The molecule has 0 saturated heterocycles. The lowest BCUT2D eigenvalue weighted by molar-refractivity contribution is -0.143. The van der Waals surface area contributed by atoms with E-state index in [-0.39, 0.29) is 25.7 Å². The van der Waals surface area contributed by atoms with E-state index >= 15 is 0 Å². The first-order chi connectivity index (χ1) is 9.36. The van der Waals surface area contributed by atoms with Crippen LogP contribution in [0.15, 0.2) is 38.0 Å². The van der Waals surface area contributed by atoms with E-state index in [0.29, 0.717) is 0 Å². The molecule has 0 radical (unpaired) electrons. The van der Waals surface area contributed by atoms with E-state index in [1.807, 2.05) is 0 Å². The molecule has 5 nitrogen and oxygen atoms in total. The molecule has 0 aromatic rings. The second-order valence-corrected chi connectivity index (χ2v) is 4.21. The van der Waals surface area contributed by atoms with Gasteiger partial charge in [0.15, 0.2) is 22.8 Å². The van der Waals surface area contributed by atoms with Crippen molar-refractivity contribution in [3.8, 4) is 0 Å². The van der Waals surface area contributed by atoms with E-state index in [4.69, 9.17) is 5.11 Å². The summed E-state index contributed by atoms with van der Waals surface area (Å²) in [5.41, 5.74) is -1.90. The monoisotopic (exact) mass is 278 g/mol. The molecule has 0 aliphatic heterocycles. The number of carbonyl (C=O) groups is 4. The Labute approximate surface area is 117 Å². The number of hydrogen-bond donors (Lipinski definition) is 1. The topological polar surface area (TPSA) is 88.5 Å². The van der Waals surface area contributed by atoms with Crippen LogP contribution in [0, 0.1) is 5.41 Å². The van der Waals surface area contributed by atoms with Crippen LogP contribution in [0.2, 0.25) is 0 Å². The highest BCUT2D eigenvalue weighted by Gasteiger charge is 2.47. The Kier molecular flexibility index (Phi) is 7.07. The van der Waals surface area contributed by atoms with Crippen molar-refractivity contribution in [3.05, 3.63) is 38.0 Å². The van der Waals surface area contributed by atoms with Crippen LogP contribution in [-0.4, -0.2) is 28.4 Å². The van der Waals surface area contributed by atoms with Crippen LogP contribution in [0.1, 0.15) is 25.7 Å². The zero-order valence-electron chi connectivity index (χ0n) is 11.3. The van der Waals surface area contributed by atoms with E-state index in [1.54, 1.807) is 0 Å². The zero-order valence-corrected chi connectivity index (χ0v) is 11.3. The van der Waals surface area contributed by atoms with Gasteiger partial charge in [0, 0.05) is 6.42 Å². The number of ketones is 3. The first-order valence-electron chi connectivity index (χ1n) is 6.09. The van der Waals surface area contributed by atoms with Crippen LogP contribution in [-0.2, 0) is 19.2 Å². The summed E-state index contributed by atoms with van der Waals surface area (Å²) in [7, 11) is 0. The van der Waals surface area contributed by atoms with Crippen molar-refractivity contribution in [2.45, 2.75) is 25.7 Å². The fourth-order valence-corrected chi connectivity index (χ4v) is 1.92. The number of carboxylic acid groups (broad SMARTS) is 1. The van der Waals surface area contributed by atoms with Gasteiger partial charge in [-0.15, -0.1) is 0 Å². The summed E-state index contributed by atoms with van der Waals surface area (Å²) in [5.74, 6) is -3.14. The van der Waals surface area contributed by atoms with E-state index in [9.17, 15) is 19.2 Å². The van der Waals surface area contributed by atoms with Crippen LogP contribution in [0.5, 0.6) is 0 Å². The van der Waals surface area contributed by atoms with Gasteiger partial charge in [-0.1, -0.05) is 26.2 Å². The third kappa shape index (κ3) is 3.85. The number of carbonyl (C=O) groups excluding carboxylic acids is 3. The Hall–Kier alpha value is -2.30. The molecule has 0 aliphatic carbocycles. The third-order valence-corrected chi connectivity index (χ3v) is 3.01. The van der Waals surface area contributed by atoms with Gasteiger partial charge in [-0.2, -0.15) is 0 Å². The van der Waals surface area contributed by atoms with Crippen molar-refractivity contribution >= 4 is 23.3 Å². The summed E-state index contributed by atoms with van der Waals surface area (Å²) in [6.07, 6.45) is 3.07. The van der Waals surface area contributed by atoms with Crippen LogP contribution in [0.3, 0.4) is 0 Å². The second-order valence-electron chi connectivity index (χ2n) is 4.21. The van der Waals surface area contributed by atoms with Gasteiger partial charge < -0.3 is 5.11 Å². The molecule has 108 valence electrons. The Morgan fingerprint density at radius 2 is 1.25 bits per heavy atom. The summed E-state index contributed by atoms with van der Waals surface area (Å²) >= 11 is 0. The predicted molar refractivity (Wildman–Crippen MR) is 74.1 cm³/mol. The molecule has 0 aromatic heterocycles. The normalized spacial score (nSPS) is 10.4. The Morgan fingerprint density at radius 3 is 1.55 bits per heavy atom. The molecule has 0 atom stereocenters. The first kappa shape index (κ1) is 17.7. The largest absolute Gasteiger partial charge is 0.481 e. The van der Waals surface area contributed by atoms with E-state index in [1.165, 1.54) is 0 Å². The van der Waals surface area contributed by atoms with Crippen LogP contribution in [0.4, 0.5) is 0 Å². The van der Waals surface area contributed by atoms with E-state index in [2.05, 4.69) is 19.7 Å². The highest BCUT2D eigenvalue weighted by atomic mass is 16.4. The molecule has 0 aliphatic rings. The molecule has 20 heavy (non-hydrogen) atoms. The van der Waals surface area contributed by atoms with E-state index in [0.717, 1.165) is 18.2 Å². The van der Waals surface area contributed by atoms with Crippen LogP contribution in [0.25, 0.3) is 0 Å². The summed E-state index contributed by atoms with van der Waals surface area (Å²) in [4.78, 5) is 46.4. The fourth-order valence-electron chi connectivity index (χ4n) is 1.92. The molecule has 0 spiro atoms. The zero-order chi connectivity index (χ0) is 15.8. The minimum absolute atomic E-state index is 0.0825. The summed E-state index contributed by atoms with van der Waals surface area (Å²) in [5, 5.41) is 8.56. The highest BCUT2D eigenvalue weighted by molar-refractivity contribution is 6.31. The number of carboxylic acids is 1. The first-order valence-corrected chi connectivity index (χ1v) is 6.09. The molecule has 0 fully saturated rings. The second kappa shape index (κ2) is 7.99. The van der Waals surface area contributed by atoms with Crippen molar-refractivity contribution in [2.24, 2.45) is 5.41 Å². The predicted octanol–water partition coefficient (Wildman–Crippen LogP) is 1.88. The van der Waals surface area contributed by atoms with Gasteiger partial charge in [0.2, 0.25) is 0 Å². The summed E-state index contributed by atoms with van der Waals surface area (Å²) in [6, 6.07) is 0. The number of rotatable bonds is 11. The average molecular weight is 278 g/mol. The molecule has 0 bridgehead atoms. The Morgan fingerprint density at radius 1 is 0.850 bits per heavy atom. The van der Waals surface area contributed by atoms with Gasteiger partial charge in [-0.25, -0.2) is 0 Å². The Bertz CT molecular complexity index is 409. The van der Waals surface area contributed by atoms with Gasteiger partial charge in [-0.3, -0.25) is 19.2 Å². The highest BCUT2D eigenvalue weighted by Crippen LogP contribution is 2.31. The average Bonchev–Trinajstić information content (AvgIpc) is 2.45. The van der Waals surface area contributed by atoms with Gasteiger partial charge in [-0.05, 0) is 31.1 Å². The SMILES string of the molecule is C=CC(=O)C(CCCCC(=O)O)(C(=O)C=C)C(=O)C=C. The van der Waals surface area contributed by atoms with Crippen molar-refractivity contribution in [1.29, 1.82) is 0 Å². The molecule has 0 heterocycles. The maximum atomic E-state index is 12.0. The van der Waals surface area contributed by atoms with E-state index < -0.39 is 28.7 Å². The number of aliphatic carboxylic acids is 1. The van der Waals surface area contributed by atoms with Crippen molar-refractivity contribution in [1.82, 2.24) is 0 Å². The number of hydrogen-bond acceptors (Lipinski definition) is 4. The minimum Gasteiger partial charge on any atom is -0.481 e. The minimum atomic E-state index is -1.90. The molecule has 0 saturated carbocycles. The quantitative estimate of drug-likeness (QED) is 0.354. The molecule has 0 rings (SSSR count). The molecular formula is C15H18O5. The van der Waals surface area contributed by atoms with Crippen molar-refractivity contribution < 1.29 is 24.3 Å². The van der Waals surface area contributed by atoms with Crippen LogP contribution >= 0.6 is 0 Å². The smallest absolute Gasteiger partial charge is 0.303 e. The fraction of sp³-hybridized carbons (Fsp3) is 0.333. The van der Waals surface area contributed by atoms with Gasteiger partial charge in [0.05, 0.1) is 0 Å². The summed E-state index contributed by atoms with van der Waals surface area (Å²) < 4.78 is 0. The maximum Gasteiger partial charge on any atom is 0.303 e. The summed E-state index contributed by atoms with van der Waals surface area (Å²) in [6.45, 7) is 9.90. The lowest BCUT2D eigenvalue weighted by atomic mass is 9.71. The van der Waals surface area contributed by atoms with Gasteiger partial charge in [0.25, 0.3) is 0 Å². The van der Waals surface area contributed by atoms with Crippen LogP contribution < -0.4 is 0 Å². The van der Waals surface area contributed by atoms with Crippen molar-refractivity contribution in [2.75, 3.05) is 0 Å².